The van der Waals surface area contributed by atoms with E-state index in [1.807, 2.05) is 79.7 Å². The lowest BCUT2D eigenvalue weighted by Gasteiger charge is -2.27. The molecular formula is C30H23ClN6O3. The molecule has 1 atom stereocenters. The van der Waals surface area contributed by atoms with Crippen molar-refractivity contribution in [1.82, 2.24) is 29.4 Å². The van der Waals surface area contributed by atoms with Gasteiger partial charge in [0.05, 0.1) is 48.2 Å². The Morgan fingerprint density at radius 3 is 2.45 bits per heavy atom. The molecular weight excluding hydrogens is 528 g/mol. The number of halogens is 1. The smallest absolute Gasteiger partial charge is 0.230 e. The van der Waals surface area contributed by atoms with Crippen molar-refractivity contribution in [3.63, 3.8) is 0 Å². The number of aryl methyl sites for hydroxylation is 1. The van der Waals surface area contributed by atoms with Gasteiger partial charge in [0.1, 0.15) is 17.8 Å². The molecule has 3 aromatic heterocycles. The number of methoxy groups -OCH3 is 2. The molecule has 40 heavy (non-hydrogen) atoms. The summed E-state index contributed by atoms with van der Waals surface area (Å²) in [6, 6.07) is 23.1. The van der Waals surface area contributed by atoms with Crippen LogP contribution in [0.5, 0.6) is 23.3 Å². The van der Waals surface area contributed by atoms with Crippen LogP contribution in [0.25, 0.3) is 22.7 Å². The highest BCUT2D eigenvalue weighted by atomic mass is 35.5. The van der Waals surface area contributed by atoms with Gasteiger partial charge in [0.2, 0.25) is 11.8 Å². The van der Waals surface area contributed by atoms with Crippen LogP contribution in [-0.2, 0) is 0 Å². The summed E-state index contributed by atoms with van der Waals surface area (Å²) in [5.41, 5.74) is 5.54. The summed E-state index contributed by atoms with van der Waals surface area (Å²) in [6.45, 7) is 1.97. The number of para-hydroxylation sites is 2. The Morgan fingerprint density at radius 2 is 1.65 bits per heavy atom. The van der Waals surface area contributed by atoms with Crippen LogP contribution in [0.4, 0.5) is 0 Å². The quantitative estimate of drug-likeness (QED) is 0.250. The van der Waals surface area contributed by atoms with Crippen LogP contribution in [0, 0.1) is 6.92 Å². The van der Waals surface area contributed by atoms with E-state index in [1.54, 1.807) is 29.7 Å². The molecule has 0 spiro atoms. The molecule has 4 heterocycles. The SMILES string of the molecule is COc1ccccc1-c1nc2c3c(ncn2n1)Oc1c(c(C)nn1-c1cccc(Cl)c1)[C@H]3c1ccccc1OC. The van der Waals surface area contributed by atoms with Gasteiger partial charge < -0.3 is 14.2 Å². The van der Waals surface area contributed by atoms with Crippen LogP contribution in [-0.4, -0.2) is 43.6 Å². The molecule has 0 radical (unpaired) electrons. The minimum atomic E-state index is -0.353. The van der Waals surface area contributed by atoms with Gasteiger partial charge in [-0.15, -0.1) is 5.10 Å². The first-order chi connectivity index (χ1) is 19.6. The lowest BCUT2D eigenvalue weighted by molar-refractivity contribution is 0.393. The lowest BCUT2D eigenvalue weighted by Crippen LogP contribution is -2.16. The fourth-order valence-corrected chi connectivity index (χ4v) is 5.51. The maximum atomic E-state index is 6.52. The standard InChI is InChI=1S/C30H23ClN6O3/c1-17-24-25(20-11-4-6-13-22(20)38-2)26-28-33-27(21-12-5-7-14-23(21)39-3)35-36(28)16-32-29(26)40-30(24)37(34-17)19-10-8-9-18(31)15-19/h4-16,25H,1-3H3/t25-/m1/s1. The summed E-state index contributed by atoms with van der Waals surface area (Å²) in [5, 5.41) is 10.2. The van der Waals surface area contributed by atoms with Crippen LogP contribution in [0.2, 0.25) is 5.02 Å². The van der Waals surface area contributed by atoms with Crippen LogP contribution >= 0.6 is 11.6 Å². The first kappa shape index (κ1) is 24.2. The van der Waals surface area contributed by atoms with E-state index in [-0.39, 0.29) is 5.92 Å². The Morgan fingerprint density at radius 1 is 0.875 bits per heavy atom. The monoisotopic (exact) mass is 550 g/mol. The summed E-state index contributed by atoms with van der Waals surface area (Å²) in [6.07, 6.45) is 1.61. The van der Waals surface area contributed by atoms with Crippen LogP contribution in [0.15, 0.2) is 79.1 Å². The molecule has 0 saturated carbocycles. The third-order valence-corrected chi connectivity index (χ3v) is 7.31. The third-order valence-electron chi connectivity index (χ3n) is 7.07. The average molecular weight is 551 g/mol. The van der Waals surface area contributed by atoms with E-state index in [1.165, 1.54) is 0 Å². The zero-order valence-corrected chi connectivity index (χ0v) is 22.6. The second-order valence-electron chi connectivity index (χ2n) is 9.34. The van der Waals surface area contributed by atoms with Gasteiger partial charge in [-0.25, -0.2) is 19.2 Å². The second kappa shape index (κ2) is 9.39. The molecule has 0 aliphatic carbocycles. The fourth-order valence-electron chi connectivity index (χ4n) is 5.32. The third kappa shape index (κ3) is 3.70. The number of fused-ring (bicyclic) bond motifs is 4. The zero-order chi connectivity index (χ0) is 27.4. The second-order valence-corrected chi connectivity index (χ2v) is 9.78. The molecule has 10 heteroatoms. The number of hydrogen-bond donors (Lipinski definition) is 0. The Labute approximate surface area is 234 Å². The lowest BCUT2D eigenvalue weighted by atomic mass is 9.84. The highest BCUT2D eigenvalue weighted by molar-refractivity contribution is 6.30. The van der Waals surface area contributed by atoms with Gasteiger partial charge in [-0.2, -0.15) is 5.10 Å². The number of rotatable bonds is 5. The minimum absolute atomic E-state index is 0.353. The van der Waals surface area contributed by atoms with Crippen molar-refractivity contribution in [3.8, 4) is 40.3 Å². The van der Waals surface area contributed by atoms with Crippen LogP contribution < -0.4 is 14.2 Å². The van der Waals surface area contributed by atoms with Crippen molar-refractivity contribution in [2.45, 2.75) is 12.8 Å². The van der Waals surface area contributed by atoms with Gasteiger partial charge in [0.15, 0.2) is 11.5 Å². The summed E-state index contributed by atoms with van der Waals surface area (Å²) in [4.78, 5) is 9.67. The molecule has 9 nitrogen and oxygen atoms in total. The van der Waals surface area contributed by atoms with Crippen LogP contribution in [0.1, 0.15) is 28.3 Å². The summed E-state index contributed by atoms with van der Waals surface area (Å²) < 4.78 is 21.4. The summed E-state index contributed by atoms with van der Waals surface area (Å²) in [5.74, 6) is 2.55. The Bertz CT molecular complexity index is 1910. The zero-order valence-electron chi connectivity index (χ0n) is 21.9. The van der Waals surface area contributed by atoms with Crippen LogP contribution in [0.3, 0.4) is 0 Å². The van der Waals surface area contributed by atoms with Crippen molar-refractivity contribution >= 4 is 17.2 Å². The maximum absolute atomic E-state index is 6.52. The molecule has 0 unspecified atom stereocenters. The number of nitrogens with zero attached hydrogens (tertiary/aromatic N) is 6. The average Bonchev–Trinajstić information content (AvgIpc) is 3.57. The number of benzene rings is 3. The first-order valence-corrected chi connectivity index (χ1v) is 13.0. The highest BCUT2D eigenvalue weighted by Crippen LogP contribution is 2.51. The van der Waals surface area contributed by atoms with E-state index in [0.29, 0.717) is 34.0 Å². The molecule has 0 bridgehead atoms. The Hall–Kier alpha value is -4.89. The van der Waals surface area contributed by atoms with E-state index >= 15 is 0 Å². The molecule has 0 fully saturated rings. The molecule has 3 aromatic carbocycles. The highest BCUT2D eigenvalue weighted by Gasteiger charge is 2.39. The van der Waals surface area contributed by atoms with E-state index < -0.39 is 0 Å². The first-order valence-electron chi connectivity index (χ1n) is 12.6. The van der Waals surface area contributed by atoms with Crippen molar-refractivity contribution in [2.75, 3.05) is 14.2 Å². The summed E-state index contributed by atoms with van der Waals surface area (Å²) >= 11 is 6.33. The molecule has 1 aliphatic heterocycles. The van der Waals surface area contributed by atoms with Gasteiger partial charge in [0, 0.05) is 10.6 Å². The molecule has 198 valence electrons. The minimum Gasteiger partial charge on any atom is -0.496 e. The van der Waals surface area contributed by atoms with E-state index in [0.717, 1.165) is 39.4 Å². The fraction of sp³-hybridized carbons (Fsp3) is 0.133. The van der Waals surface area contributed by atoms with Gasteiger partial charge in [-0.1, -0.05) is 48.0 Å². The van der Waals surface area contributed by atoms with E-state index in [9.17, 15) is 0 Å². The number of ether oxygens (including phenoxy) is 3. The van der Waals surface area contributed by atoms with Gasteiger partial charge in [-0.3, -0.25) is 0 Å². The predicted molar refractivity (Wildman–Crippen MR) is 150 cm³/mol. The number of aromatic nitrogens is 6. The predicted octanol–water partition coefficient (Wildman–Crippen LogP) is 6.24. The molecule has 7 rings (SSSR count). The van der Waals surface area contributed by atoms with Crippen molar-refractivity contribution < 1.29 is 14.2 Å². The Kier molecular flexibility index (Phi) is 5.67. The molecule has 0 N–H and O–H groups in total. The maximum Gasteiger partial charge on any atom is 0.230 e. The van der Waals surface area contributed by atoms with Crippen molar-refractivity contribution in [2.24, 2.45) is 0 Å². The normalized spacial score (nSPS) is 13.9. The van der Waals surface area contributed by atoms with Gasteiger partial charge in [-0.05, 0) is 43.3 Å². The summed E-state index contributed by atoms with van der Waals surface area (Å²) in [7, 11) is 3.30. The largest absolute Gasteiger partial charge is 0.496 e. The van der Waals surface area contributed by atoms with E-state index in [4.69, 9.17) is 41.0 Å². The van der Waals surface area contributed by atoms with Crippen molar-refractivity contribution in [1.29, 1.82) is 0 Å². The Balaban J connectivity index is 1.51. The molecule has 0 saturated heterocycles. The molecule has 6 aromatic rings. The molecule has 0 amide bonds. The topological polar surface area (TPSA) is 88.6 Å². The van der Waals surface area contributed by atoms with Gasteiger partial charge >= 0.3 is 0 Å². The van der Waals surface area contributed by atoms with Crippen molar-refractivity contribution in [3.05, 3.63) is 107 Å². The van der Waals surface area contributed by atoms with E-state index in [2.05, 4.69) is 4.98 Å². The number of hydrogen-bond acceptors (Lipinski definition) is 7. The van der Waals surface area contributed by atoms with Gasteiger partial charge in [0.25, 0.3) is 0 Å². The molecule has 1 aliphatic rings.